The summed E-state index contributed by atoms with van der Waals surface area (Å²) < 4.78 is 0. The molecule has 0 aliphatic carbocycles. The summed E-state index contributed by atoms with van der Waals surface area (Å²) >= 11 is 2.07. The molecule has 0 aromatic carbocycles. The van der Waals surface area contributed by atoms with Gasteiger partial charge in [-0.3, -0.25) is 0 Å². The molecule has 1 fully saturated rings. The number of allylic oxidation sites excluding steroid dienone is 1. The molecular formula is C11H22N2S. The van der Waals surface area contributed by atoms with E-state index in [1.165, 1.54) is 36.7 Å². The minimum absolute atomic E-state index is 1.02. The monoisotopic (exact) mass is 214 g/mol. The molecule has 1 heterocycles. The molecule has 1 aliphatic heterocycles. The summed E-state index contributed by atoms with van der Waals surface area (Å²) in [6.45, 7) is 10.2. The molecule has 82 valence electrons. The van der Waals surface area contributed by atoms with Gasteiger partial charge in [-0.25, -0.2) is 0 Å². The lowest BCUT2D eigenvalue weighted by Gasteiger charge is -2.25. The lowest BCUT2D eigenvalue weighted by Crippen LogP contribution is -2.37. The van der Waals surface area contributed by atoms with Crippen LogP contribution in [0.25, 0.3) is 0 Å². The Labute approximate surface area is 92.1 Å². The molecule has 0 spiro atoms. The normalized spacial score (nSPS) is 18.1. The standard InChI is InChI=1S/C11H22N2S/c1-11(2)3-4-12-5-6-13-7-9-14-10-8-13/h3,12H,4-10H2,1-2H3. The molecule has 1 rings (SSSR count). The average molecular weight is 214 g/mol. The van der Waals surface area contributed by atoms with Crippen LogP contribution in [0.15, 0.2) is 11.6 Å². The van der Waals surface area contributed by atoms with Gasteiger partial charge in [-0.15, -0.1) is 0 Å². The molecule has 14 heavy (non-hydrogen) atoms. The Bertz CT molecular complexity index is 170. The summed E-state index contributed by atoms with van der Waals surface area (Å²) in [5, 5.41) is 3.44. The molecule has 0 aromatic rings. The first kappa shape index (κ1) is 12.1. The fourth-order valence-electron chi connectivity index (χ4n) is 1.44. The van der Waals surface area contributed by atoms with Gasteiger partial charge in [0.2, 0.25) is 0 Å². The van der Waals surface area contributed by atoms with Crippen molar-refractivity contribution in [3.8, 4) is 0 Å². The maximum absolute atomic E-state index is 3.44. The lowest BCUT2D eigenvalue weighted by atomic mass is 10.3. The zero-order valence-electron chi connectivity index (χ0n) is 9.38. The Hall–Kier alpha value is 0.0100. The second kappa shape index (κ2) is 7.32. The Kier molecular flexibility index (Phi) is 6.32. The molecule has 1 N–H and O–H groups in total. The van der Waals surface area contributed by atoms with Gasteiger partial charge in [0, 0.05) is 44.2 Å². The highest BCUT2D eigenvalue weighted by Crippen LogP contribution is 2.07. The zero-order chi connectivity index (χ0) is 10.2. The predicted molar refractivity (Wildman–Crippen MR) is 66.1 cm³/mol. The smallest absolute Gasteiger partial charge is 0.0137 e. The maximum atomic E-state index is 3.44. The van der Waals surface area contributed by atoms with Gasteiger partial charge in [0.1, 0.15) is 0 Å². The third-order valence-corrected chi connectivity index (χ3v) is 3.31. The number of hydrogen-bond acceptors (Lipinski definition) is 3. The van der Waals surface area contributed by atoms with Crippen molar-refractivity contribution in [1.29, 1.82) is 0 Å². The van der Waals surface area contributed by atoms with E-state index in [-0.39, 0.29) is 0 Å². The summed E-state index contributed by atoms with van der Waals surface area (Å²) in [5.74, 6) is 2.63. The second-order valence-corrected chi connectivity index (χ2v) is 5.16. The largest absolute Gasteiger partial charge is 0.312 e. The molecule has 0 unspecified atom stereocenters. The molecule has 1 saturated heterocycles. The first-order chi connectivity index (χ1) is 6.79. The van der Waals surface area contributed by atoms with E-state index in [1.807, 2.05) is 0 Å². The number of nitrogens with zero attached hydrogens (tertiary/aromatic N) is 1. The van der Waals surface area contributed by atoms with Crippen molar-refractivity contribution in [3.05, 3.63) is 11.6 Å². The van der Waals surface area contributed by atoms with Crippen molar-refractivity contribution in [3.63, 3.8) is 0 Å². The van der Waals surface area contributed by atoms with Crippen molar-refractivity contribution < 1.29 is 0 Å². The van der Waals surface area contributed by atoms with E-state index in [9.17, 15) is 0 Å². The minimum Gasteiger partial charge on any atom is -0.312 e. The summed E-state index contributed by atoms with van der Waals surface area (Å²) in [7, 11) is 0. The maximum Gasteiger partial charge on any atom is 0.0137 e. The van der Waals surface area contributed by atoms with E-state index < -0.39 is 0 Å². The van der Waals surface area contributed by atoms with Gasteiger partial charge in [-0.1, -0.05) is 11.6 Å². The van der Waals surface area contributed by atoms with E-state index >= 15 is 0 Å². The Morgan fingerprint density at radius 2 is 2.07 bits per heavy atom. The first-order valence-corrected chi connectivity index (χ1v) is 6.58. The Morgan fingerprint density at radius 3 is 2.71 bits per heavy atom. The van der Waals surface area contributed by atoms with Crippen LogP contribution >= 0.6 is 11.8 Å². The van der Waals surface area contributed by atoms with E-state index in [0.29, 0.717) is 0 Å². The second-order valence-electron chi connectivity index (χ2n) is 3.94. The van der Waals surface area contributed by atoms with Gasteiger partial charge < -0.3 is 10.2 Å². The lowest BCUT2D eigenvalue weighted by molar-refractivity contribution is 0.303. The van der Waals surface area contributed by atoms with E-state index in [1.54, 1.807) is 0 Å². The number of hydrogen-bond donors (Lipinski definition) is 1. The van der Waals surface area contributed by atoms with Crippen LogP contribution in [-0.4, -0.2) is 49.1 Å². The number of rotatable bonds is 5. The van der Waals surface area contributed by atoms with Crippen molar-refractivity contribution in [2.45, 2.75) is 13.8 Å². The van der Waals surface area contributed by atoms with Gasteiger partial charge >= 0.3 is 0 Å². The highest BCUT2D eigenvalue weighted by molar-refractivity contribution is 7.99. The topological polar surface area (TPSA) is 15.3 Å². The quantitative estimate of drug-likeness (QED) is 0.553. The summed E-state index contributed by atoms with van der Waals surface area (Å²) in [6.07, 6.45) is 2.24. The predicted octanol–water partition coefficient (Wildman–Crippen LogP) is 1.59. The van der Waals surface area contributed by atoms with E-state index in [2.05, 4.69) is 41.9 Å². The van der Waals surface area contributed by atoms with Crippen LogP contribution in [0.5, 0.6) is 0 Å². The molecule has 0 aromatic heterocycles. The Morgan fingerprint density at radius 1 is 1.36 bits per heavy atom. The molecule has 0 radical (unpaired) electrons. The fraction of sp³-hybridized carbons (Fsp3) is 0.818. The first-order valence-electron chi connectivity index (χ1n) is 5.43. The molecule has 0 amide bonds. The molecule has 0 saturated carbocycles. The van der Waals surface area contributed by atoms with Crippen LogP contribution in [-0.2, 0) is 0 Å². The van der Waals surface area contributed by atoms with Crippen LogP contribution in [0.3, 0.4) is 0 Å². The van der Waals surface area contributed by atoms with Crippen LogP contribution < -0.4 is 5.32 Å². The summed E-state index contributed by atoms with van der Waals surface area (Å²) in [5.41, 5.74) is 1.40. The van der Waals surface area contributed by atoms with Gasteiger partial charge in [0.05, 0.1) is 0 Å². The average Bonchev–Trinajstić information content (AvgIpc) is 2.18. The van der Waals surface area contributed by atoms with E-state index in [0.717, 1.165) is 13.1 Å². The van der Waals surface area contributed by atoms with Crippen molar-refractivity contribution in [1.82, 2.24) is 10.2 Å². The van der Waals surface area contributed by atoms with E-state index in [4.69, 9.17) is 0 Å². The van der Waals surface area contributed by atoms with Crippen molar-refractivity contribution in [2.75, 3.05) is 44.2 Å². The highest BCUT2D eigenvalue weighted by atomic mass is 32.2. The zero-order valence-corrected chi connectivity index (χ0v) is 10.2. The third-order valence-electron chi connectivity index (χ3n) is 2.36. The van der Waals surface area contributed by atoms with Gasteiger partial charge in [-0.05, 0) is 13.8 Å². The minimum atomic E-state index is 1.02. The highest BCUT2D eigenvalue weighted by Gasteiger charge is 2.08. The van der Waals surface area contributed by atoms with Crippen LogP contribution in [0, 0.1) is 0 Å². The third kappa shape index (κ3) is 5.68. The molecule has 0 bridgehead atoms. The molecule has 0 atom stereocenters. The SMILES string of the molecule is CC(C)=CCNCCN1CCSCC1. The van der Waals surface area contributed by atoms with Crippen LogP contribution in [0.1, 0.15) is 13.8 Å². The van der Waals surface area contributed by atoms with Gasteiger partial charge in [0.15, 0.2) is 0 Å². The van der Waals surface area contributed by atoms with Crippen molar-refractivity contribution in [2.24, 2.45) is 0 Å². The number of thioether (sulfide) groups is 1. The van der Waals surface area contributed by atoms with Crippen LogP contribution in [0.4, 0.5) is 0 Å². The summed E-state index contributed by atoms with van der Waals surface area (Å²) in [4.78, 5) is 2.55. The molecule has 3 heteroatoms. The van der Waals surface area contributed by atoms with Crippen molar-refractivity contribution >= 4 is 11.8 Å². The van der Waals surface area contributed by atoms with Crippen LogP contribution in [0.2, 0.25) is 0 Å². The number of nitrogens with one attached hydrogen (secondary N) is 1. The summed E-state index contributed by atoms with van der Waals surface area (Å²) in [6, 6.07) is 0. The molecular weight excluding hydrogens is 192 g/mol. The molecule has 2 nitrogen and oxygen atoms in total. The van der Waals surface area contributed by atoms with Gasteiger partial charge in [-0.2, -0.15) is 11.8 Å². The molecule has 1 aliphatic rings. The van der Waals surface area contributed by atoms with Gasteiger partial charge in [0.25, 0.3) is 0 Å². The Balaban J connectivity index is 1.95. The fourth-order valence-corrected chi connectivity index (χ4v) is 2.42.